The van der Waals surface area contributed by atoms with Crippen molar-refractivity contribution in [2.24, 2.45) is 0 Å². The van der Waals surface area contributed by atoms with Gasteiger partial charge in [0.15, 0.2) is 0 Å². The minimum atomic E-state index is -4.67. The highest BCUT2D eigenvalue weighted by Crippen LogP contribution is 2.41. The number of amides is 1. The molecule has 2 aliphatic carbocycles. The monoisotopic (exact) mass is 500 g/mol. The molecule has 1 aromatic carbocycles. The highest BCUT2D eigenvalue weighted by atomic mass is 19.4. The largest absolute Gasteiger partial charge is 0.416 e. The zero-order chi connectivity index (χ0) is 26.0. The number of carbonyl (C=O) groups is 1. The number of hydrogen-bond donors (Lipinski definition) is 1. The fraction of sp³-hybridized carbons (Fsp3) is 0.500. The number of hydrogen-bond acceptors (Lipinski definition) is 2. The van der Waals surface area contributed by atoms with Crippen LogP contribution in [0.3, 0.4) is 0 Å². The van der Waals surface area contributed by atoms with Crippen molar-refractivity contribution in [3.63, 3.8) is 0 Å². The summed E-state index contributed by atoms with van der Waals surface area (Å²) < 4.78 is 82.5. The van der Waals surface area contributed by atoms with E-state index in [0.717, 1.165) is 36.6 Å². The highest BCUT2D eigenvalue weighted by Gasteiger charge is 2.38. The van der Waals surface area contributed by atoms with Crippen LogP contribution in [0.25, 0.3) is 0 Å². The second-order valence-corrected chi connectivity index (χ2v) is 9.23. The summed E-state index contributed by atoms with van der Waals surface area (Å²) in [7, 11) is 1.41. The van der Waals surface area contributed by atoms with Crippen molar-refractivity contribution >= 4 is 11.6 Å². The van der Waals surface area contributed by atoms with Crippen LogP contribution >= 0.6 is 0 Å². The van der Waals surface area contributed by atoms with E-state index in [2.05, 4.69) is 11.9 Å². The van der Waals surface area contributed by atoms with Crippen LogP contribution in [0.15, 0.2) is 54.2 Å². The summed E-state index contributed by atoms with van der Waals surface area (Å²) in [6, 6.07) is 2.70. The molecule has 2 fully saturated rings. The standard InChI is InChI=1S/C26H30F6N2O/c1-4-16(14-19(5-2)26(30,31)32)23(24(35)33-20-10-12-25(28,29)13-11-20)34(3)22-9-8-18(15-21(22)27)17-6-7-17/h4-5,8-9,14-15,17,20,23H,1,6-7,10-13H2,2-3H3,(H,33,35)/b16-14+,19-5+. The lowest BCUT2D eigenvalue weighted by atomic mass is 9.91. The molecule has 1 aromatic rings. The van der Waals surface area contributed by atoms with Gasteiger partial charge in [-0.1, -0.05) is 24.8 Å². The lowest BCUT2D eigenvalue weighted by molar-refractivity contribution is -0.123. The SMILES string of the molecule is C=C/C(=C\C(=C/C)C(F)(F)F)C(C(=O)NC1CCC(F)(F)CC1)N(C)c1ccc(C2CC2)cc1F. The van der Waals surface area contributed by atoms with Crippen LogP contribution in [0.5, 0.6) is 0 Å². The van der Waals surface area contributed by atoms with E-state index in [1.807, 2.05) is 0 Å². The zero-order valence-electron chi connectivity index (χ0n) is 19.8. The van der Waals surface area contributed by atoms with Crippen molar-refractivity contribution < 1.29 is 31.1 Å². The fourth-order valence-electron chi connectivity index (χ4n) is 4.39. The molecule has 2 aliphatic rings. The van der Waals surface area contributed by atoms with Gasteiger partial charge in [0.2, 0.25) is 11.8 Å². The van der Waals surface area contributed by atoms with Gasteiger partial charge in [-0.05, 0) is 67.9 Å². The van der Waals surface area contributed by atoms with E-state index < -0.39 is 54.3 Å². The molecule has 0 aromatic heterocycles. The fourth-order valence-corrected chi connectivity index (χ4v) is 4.39. The van der Waals surface area contributed by atoms with Gasteiger partial charge in [0, 0.05) is 25.9 Å². The third-order valence-corrected chi connectivity index (χ3v) is 6.61. The topological polar surface area (TPSA) is 32.3 Å². The Morgan fingerprint density at radius 2 is 1.83 bits per heavy atom. The van der Waals surface area contributed by atoms with Crippen LogP contribution < -0.4 is 10.2 Å². The average molecular weight is 501 g/mol. The van der Waals surface area contributed by atoms with Crippen LogP contribution in [0, 0.1) is 5.82 Å². The molecule has 9 heteroatoms. The number of allylic oxidation sites excluding steroid dienone is 3. The van der Waals surface area contributed by atoms with Crippen LogP contribution in [0.4, 0.5) is 32.0 Å². The molecule has 2 saturated carbocycles. The molecule has 1 N–H and O–H groups in total. The first-order valence-electron chi connectivity index (χ1n) is 11.6. The molecule has 1 unspecified atom stereocenters. The number of halogens is 6. The van der Waals surface area contributed by atoms with E-state index in [1.54, 1.807) is 6.07 Å². The van der Waals surface area contributed by atoms with E-state index in [9.17, 15) is 26.7 Å². The van der Waals surface area contributed by atoms with Gasteiger partial charge in [-0.15, -0.1) is 0 Å². The molecule has 0 spiro atoms. The number of nitrogens with zero attached hydrogens (tertiary/aromatic N) is 1. The van der Waals surface area contributed by atoms with Crippen molar-refractivity contribution in [2.75, 3.05) is 11.9 Å². The quantitative estimate of drug-likeness (QED) is 0.314. The van der Waals surface area contributed by atoms with Crippen molar-refractivity contribution in [3.05, 3.63) is 65.5 Å². The number of likely N-dealkylation sites (N-methyl/N-ethyl adjacent to an activating group) is 1. The minimum absolute atomic E-state index is 0.0338. The lowest BCUT2D eigenvalue weighted by Gasteiger charge is -2.34. The van der Waals surface area contributed by atoms with Crippen molar-refractivity contribution in [3.8, 4) is 0 Å². The van der Waals surface area contributed by atoms with Crippen LogP contribution in [-0.2, 0) is 4.79 Å². The molecule has 0 saturated heterocycles. The predicted molar refractivity (Wildman–Crippen MR) is 124 cm³/mol. The number of rotatable bonds is 8. The zero-order valence-corrected chi connectivity index (χ0v) is 19.8. The first-order chi connectivity index (χ1) is 16.4. The first kappa shape index (κ1) is 26.9. The molecular weight excluding hydrogens is 470 g/mol. The van der Waals surface area contributed by atoms with Crippen molar-refractivity contribution in [2.45, 2.75) is 75.5 Å². The maximum Gasteiger partial charge on any atom is 0.416 e. The summed E-state index contributed by atoms with van der Waals surface area (Å²) in [5, 5.41) is 2.69. The molecule has 0 bridgehead atoms. The molecule has 192 valence electrons. The van der Waals surface area contributed by atoms with Gasteiger partial charge in [0.25, 0.3) is 0 Å². The molecule has 1 atom stereocenters. The normalized spacial score (nSPS) is 20.3. The summed E-state index contributed by atoms with van der Waals surface area (Å²) in [6.07, 6.45) is -0.652. The number of anilines is 1. The Hall–Kier alpha value is -2.71. The smallest absolute Gasteiger partial charge is 0.357 e. The second kappa shape index (κ2) is 10.5. The van der Waals surface area contributed by atoms with Gasteiger partial charge in [-0.2, -0.15) is 13.2 Å². The second-order valence-electron chi connectivity index (χ2n) is 9.23. The summed E-state index contributed by atoms with van der Waals surface area (Å²) in [4.78, 5) is 14.6. The van der Waals surface area contributed by atoms with Gasteiger partial charge in [-0.25, -0.2) is 13.2 Å². The van der Waals surface area contributed by atoms with Gasteiger partial charge in [-0.3, -0.25) is 4.79 Å². The van der Waals surface area contributed by atoms with E-state index in [0.29, 0.717) is 5.92 Å². The molecule has 1 amide bonds. The number of nitrogens with one attached hydrogen (secondary N) is 1. The third kappa shape index (κ3) is 6.70. The van der Waals surface area contributed by atoms with Gasteiger partial charge in [0.05, 0.1) is 11.3 Å². The van der Waals surface area contributed by atoms with Crippen LogP contribution in [0.2, 0.25) is 0 Å². The molecule has 3 nitrogen and oxygen atoms in total. The van der Waals surface area contributed by atoms with E-state index in [-0.39, 0.29) is 24.1 Å². The van der Waals surface area contributed by atoms with Gasteiger partial charge < -0.3 is 10.2 Å². The minimum Gasteiger partial charge on any atom is -0.357 e. The Morgan fingerprint density at radius 1 is 1.20 bits per heavy atom. The van der Waals surface area contributed by atoms with Crippen LogP contribution in [0.1, 0.15) is 56.9 Å². The molecule has 0 heterocycles. The Kier molecular flexibility index (Phi) is 8.07. The maximum absolute atomic E-state index is 15.0. The number of carbonyl (C=O) groups excluding carboxylic acids is 1. The number of benzene rings is 1. The van der Waals surface area contributed by atoms with Crippen molar-refractivity contribution in [1.82, 2.24) is 5.32 Å². The highest BCUT2D eigenvalue weighted by molar-refractivity contribution is 5.89. The van der Waals surface area contributed by atoms with E-state index in [1.165, 1.54) is 31.0 Å². The third-order valence-electron chi connectivity index (χ3n) is 6.61. The van der Waals surface area contributed by atoms with Crippen LogP contribution in [-0.4, -0.2) is 37.1 Å². The van der Waals surface area contributed by atoms with Gasteiger partial charge in [0.1, 0.15) is 11.9 Å². The van der Waals surface area contributed by atoms with E-state index >= 15 is 4.39 Å². The molecule has 0 radical (unpaired) electrons. The predicted octanol–water partition coefficient (Wildman–Crippen LogP) is 6.82. The summed E-state index contributed by atoms with van der Waals surface area (Å²) in [5.41, 5.74) is -0.217. The number of alkyl halides is 5. The molecule has 35 heavy (non-hydrogen) atoms. The lowest BCUT2D eigenvalue weighted by Crippen LogP contribution is -2.51. The summed E-state index contributed by atoms with van der Waals surface area (Å²) in [5.74, 6) is -3.82. The Labute approximate surface area is 201 Å². The molecule has 0 aliphatic heterocycles. The van der Waals surface area contributed by atoms with Crippen molar-refractivity contribution in [1.29, 1.82) is 0 Å². The van der Waals surface area contributed by atoms with E-state index in [4.69, 9.17) is 0 Å². The maximum atomic E-state index is 15.0. The Morgan fingerprint density at radius 3 is 2.31 bits per heavy atom. The summed E-state index contributed by atoms with van der Waals surface area (Å²) in [6.45, 7) is 4.80. The van der Waals surface area contributed by atoms with Gasteiger partial charge >= 0.3 is 6.18 Å². The Bertz CT molecular complexity index is 1000. The molecular formula is C26H30F6N2O. The molecule has 3 rings (SSSR count). The average Bonchev–Trinajstić information content (AvgIpc) is 3.62. The Balaban J connectivity index is 1.95. The summed E-state index contributed by atoms with van der Waals surface area (Å²) >= 11 is 0. The first-order valence-corrected chi connectivity index (χ1v) is 11.6.